The molecule has 0 unspecified atom stereocenters. The van der Waals surface area contributed by atoms with Crippen molar-refractivity contribution in [2.24, 2.45) is 5.84 Å². The van der Waals surface area contributed by atoms with Crippen molar-refractivity contribution >= 4 is 29.3 Å². The van der Waals surface area contributed by atoms with Gasteiger partial charge in [0, 0.05) is 18.2 Å². The molecule has 0 aliphatic heterocycles. The van der Waals surface area contributed by atoms with Crippen molar-refractivity contribution in [3.8, 4) is 0 Å². The predicted octanol–water partition coefficient (Wildman–Crippen LogP) is -0.497. The Kier molecular flexibility index (Phi) is 4.80. The predicted molar refractivity (Wildman–Crippen MR) is 63.1 cm³/mol. The summed E-state index contributed by atoms with van der Waals surface area (Å²) in [6.45, 7) is 0. The highest BCUT2D eigenvalue weighted by molar-refractivity contribution is 7.99. The molecule has 0 aliphatic carbocycles. The third-order valence-corrected chi connectivity index (χ3v) is 2.62. The van der Waals surface area contributed by atoms with E-state index in [-0.39, 0.29) is 5.91 Å². The lowest BCUT2D eigenvalue weighted by Crippen LogP contribution is -2.29. The van der Waals surface area contributed by atoms with Crippen LogP contribution in [0.15, 0.2) is 11.2 Å². The molecule has 0 saturated carbocycles. The Morgan fingerprint density at radius 3 is 2.56 bits per heavy atom. The number of carbonyl (C=O) groups is 1. The van der Waals surface area contributed by atoms with Crippen molar-refractivity contribution in [2.45, 2.75) is 18.0 Å². The molecule has 0 fully saturated rings. The summed E-state index contributed by atoms with van der Waals surface area (Å²) < 4.78 is 0. The van der Waals surface area contributed by atoms with E-state index < -0.39 is 0 Å². The van der Waals surface area contributed by atoms with Crippen LogP contribution in [0.3, 0.4) is 0 Å². The minimum Gasteiger partial charge on any atom is -0.383 e. The second-order valence-corrected chi connectivity index (χ2v) is 4.08. The highest BCUT2D eigenvalue weighted by Crippen LogP contribution is 2.17. The zero-order valence-electron chi connectivity index (χ0n) is 8.64. The smallest absolute Gasteiger partial charge is 0.233 e. The Hall–Kier alpha value is -1.54. The fourth-order valence-electron chi connectivity index (χ4n) is 0.995. The van der Waals surface area contributed by atoms with Crippen molar-refractivity contribution in [1.82, 2.24) is 15.4 Å². The third-order valence-electron chi connectivity index (χ3n) is 1.69. The fourth-order valence-corrected chi connectivity index (χ4v) is 1.81. The number of aromatic nitrogens is 2. The highest BCUT2D eigenvalue weighted by Gasteiger charge is 2.02. The van der Waals surface area contributed by atoms with Gasteiger partial charge in [0.1, 0.15) is 11.6 Å². The SMILES string of the molecule is NNC(=O)CCCSc1nc(N)cc(N)n1. The molecule has 0 aromatic carbocycles. The number of amides is 1. The maximum atomic E-state index is 10.8. The largest absolute Gasteiger partial charge is 0.383 e. The Morgan fingerprint density at radius 1 is 1.38 bits per heavy atom. The van der Waals surface area contributed by atoms with E-state index in [2.05, 4.69) is 15.4 Å². The van der Waals surface area contributed by atoms with Crippen LogP contribution in [0.2, 0.25) is 0 Å². The number of hydrogen-bond donors (Lipinski definition) is 4. The molecular weight excluding hydrogens is 228 g/mol. The molecule has 0 aliphatic rings. The molecule has 16 heavy (non-hydrogen) atoms. The quantitative estimate of drug-likeness (QED) is 0.137. The van der Waals surface area contributed by atoms with Crippen molar-refractivity contribution in [3.63, 3.8) is 0 Å². The van der Waals surface area contributed by atoms with Crippen LogP contribution in [0.25, 0.3) is 0 Å². The van der Waals surface area contributed by atoms with Crippen LogP contribution in [-0.2, 0) is 4.79 Å². The zero-order chi connectivity index (χ0) is 12.0. The number of hydrogen-bond acceptors (Lipinski definition) is 7. The highest BCUT2D eigenvalue weighted by atomic mass is 32.2. The first-order valence-electron chi connectivity index (χ1n) is 4.64. The lowest BCUT2D eigenvalue weighted by atomic mass is 10.3. The van der Waals surface area contributed by atoms with Gasteiger partial charge in [-0.2, -0.15) is 0 Å². The van der Waals surface area contributed by atoms with Crippen molar-refractivity contribution in [2.75, 3.05) is 17.2 Å². The number of nitrogens with two attached hydrogens (primary N) is 3. The van der Waals surface area contributed by atoms with Crippen LogP contribution in [0.5, 0.6) is 0 Å². The van der Waals surface area contributed by atoms with E-state index in [0.29, 0.717) is 35.4 Å². The number of carbonyl (C=O) groups excluding carboxylic acids is 1. The van der Waals surface area contributed by atoms with Crippen LogP contribution >= 0.6 is 11.8 Å². The summed E-state index contributed by atoms with van der Waals surface area (Å²) in [7, 11) is 0. The van der Waals surface area contributed by atoms with Crippen molar-refractivity contribution < 1.29 is 4.79 Å². The summed E-state index contributed by atoms with van der Waals surface area (Å²) in [6.07, 6.45) is 1.06. The van der Waals surface area contributed by atoms with Gasteiger partial charge in [0.25, 0.3) is 0 Å². The van der Waals surface area contributed by atoms with Crippen LogP contribution in [0.1, 0.15) is 12.8 Å². The van der Waals surface area contributed by atoms with Crippen molar-refractivity contribution in [1.29, 1.82) is 0 Å². The number of hydrazine groups is 1. The van der Waals surface area contributed by atoms with Gasteiger partial charge in [-0.3, -0.25) is 10.2 Å². The van der Waals surface area contributed by atoms with Gasteiger partial charge >= 0.3 is 0 Å². The molecule has 1 aromatic rings. The number of thioether (sulfide) groups is 1. The van der Waals surface area contributed by atoms with Crippen LogP contribution < -0.4 is 22.7 Å². The molecule has 0 radical (unpaired) electrons. The standard InChI is InChI=1S/C8H14N6OS/c9-5-4-6(10)13-8(12-5)16-3-1-2-7(15)14-11/h4H,1-3,11H2,(H,14,15)(H4,9,10,12,13). The minimum absolute atomic E-state index is 0.186. The first-order chi connectivity index (χ1) is 7.61. The van der Waals surface area contributed by atoms with Crippen LogP contribution in [0, 0.1) is 0 Å². The Balaban J connectivity index is 2.34. The minimum atomic E-state index is -0.186. The number of rotatable bonds is 5. The Labute approximate surface area is 97.2 Å². The van der Waals surface area contributed by atoms with Crippen LogP contribution in [0.4, 0.5) is 11.6 Å². The normalized spacial score (nSPS) is 10.1. The molecule has 0 spiro atoms. The molecule has 0 saturated heterocycles. The molecule has 88 valence electrons. The first kappa shape index (κ1) is 12.5. The summed E-state index contributed by atoms with van der Waals surface area (Å²) in [6, 6.07) is 1.49. The zero-order valence-corrected chi connectivity index (χ0v) is 9.46. The molecule has 1 heterocycles. The molecule has 7 N–H and O–H groups in total. The number of anilines is 2. The van der Waals surface area contributed by atoms with Gasteiger partial charge < -0.3 is 11.5 Å². The van der Waals surface area contributed by atoms with Gasteiger partial charge in [-0.05, 0) is 6.42 Å². The van der Waals surface area contributed by atoms with E-state index in [0.717, 1.165) is 0 Å². The van der Waals surface area contributed by atoms with Gasteiger partial charge in [0.05, 0.1) is 0 Å². The van der Waals surface area contributed by atoms with E-state index >= 15 is 0 Å². The summed E-state index contributed by atoms with van der Waals surface area (Å²) in [5, 5.41) is 0.519. The number of nitrogens with zero attached hydrogens (tertiary/aromatic N) is 2. The molecule has 0 atom stereocenters. The van der Waals surface area contributed by atoms with Gasteiger partial charge in [0.15, 0.2) is 5.16 Å². The van der Waals surface area contributed by atoms with E-state index in [4.69, 9.17) is 17.3 Å². The number of nitrogen functional groups attached to an aromatic ring is 2. The van der Waals surface area contributed by atoms with Crippen molar-refractivity contribution in [3.05, 3.63) is 6.07 Å². The lowest BCUT2D eigenvalue weighted by Gasteiger charge is -2.02. The molecule has 0 bridgehead atoms. The summed E-state index contributed by atoms with van der Waals surface area (Å²) in [4.78, 5) is 18.8. The van der Waals surface area contributed by atoms with E-state index in [9.17, 15) is 4.79 Å². The maximum absolute atomic E-state index is 10.8. The fraction of sp³-hybridized carbons (Fsp3) is 0.375. The first-order valence-corrected chi connectivity index (χ1v) is 5.62. The molecule has 7 nitrogen and oxygen atoms in total. The van der Waals surface area contributed by atoms with Gasteiger partial charge in [-0.15, -0.1) is 0 Å². The molecular formula is C8H14N6OS. The molecule has 1 rings (SSSR count). The lowest BCUT2D eigenvalue weighted by molar-refractivity contribution is -0.121. The topological polar surface area (TPSA) is 133 Å². The summed E-state index contributed by atoms with van der Waals surface area (Å²) in [5.41, 5.74) is 13.1. The third kappa shape index (κ3) is 4.32. The Bertz CT molecular complexity index is 351. The van der Waals surface area contributed by atoms with Gasteiger partial charge in [-0.25, -0.2) is 15.8 Å². The molecule has 1 aromatic heterocycles. The monoisotopic (exact) mass is 242 g/mol. The van der Waals surface area contributed by atoms with E-state index in [1.807, 2.05) is 0 Å². The second-order valence-electron chi connectivity index (χ2n) is 3.02. The second kappa shape index (κ2) is 6.13. The summed E-state index contributed by atoms with van der Waals surface area (Å²) >= 11 is 1.40. The van der Waals surface area contributed by atoms with Gasteiger partial charge in [0.2, 0.25) is 5.91 Å². The molecule has 8 heteroatoms. The molecule has 1 amide bonds. The van der Waals surface area contributed by atoms with Crippen LogP contribution in [-0.4, -0.2) is 21.6 Å². The number of nitrogens with one attached hydrogen (secondary N) is 1. The van der Waals surface area contributed by atoms with Gasteiger partial charge in [-0.1, -0.05) is 11.8 Å². The van der Waals surface area contributed by atoms with E-state index in [1.165, 1.54) is 17.8 Å². The maximum Gasteiger partial charge on any atom is 0.233 e. The Morgan fingerprint density at radius 2 is 2.00 bits per heavy atom. The average molecular weight is 242 g/mol. The summed E-state index contributed by atoms with van der Waals surface area (Å²) in [5.74, 6) is 6.14. The van der Waals surface area contributed by atoms with E-state index in [1.54, 1.807) is 0 Å². The average Bonchev–Trinajstić information content (AvgIpc) is 2.22.